The Morgan fingerprint density at radius 1 is 1.00 bits per heavy atom. The van der Waals surface area contributed by atoms with Gasteiger partial charge in [0.15, 0.2) is 6.29 Å². The molecule has 0 saturated heterocycles. The molecule has 0 unspecified atom stereocenters. The number of rotatable bonds is 3. The second kappa shape index (κ2) is 5.91. The van der Waals surface area contributed by atoms with Crippen LogP contribution in [0.25, 0.3) is 16.9 Å². The van der Waals surface area contributed by atoms with Gasteiger partial charge in [0.2, 0.25) is 0 Å². The van der Waals surface area contributed by atoms with Crippen molar-refractivity contribution in [3.05, 3.63) is 70.1 Å². The van der Waals surface area contributed by atoms with Gasteiger partial charge >= 0.3 is 0 Å². The Kier molecular flexibility index (Phi) is 3.96. The zero-order valence-electron chi connectivity index (χ0n) is 11.1. The van der Waals surface area contributed by atoms with Crippen LogP contribution in [0.2, 0.25) is 10.2 Å². The van der Waals surface area contributed by atoms with E-state index in [0.717, 1.165) is 0 Å². The highest BCUT2D eigenvalue weighted by Crippen LogP contribution is 2.30. The second-order valence-corrected chi connectivity index (χ2v) is 5.36. The van der Waals surface area contributed by atoms with E-state index >= 15 is 0 Å². The van der Waals surface area contributed by atoms with E-state index in [1.165, 1.54) is 16.8 Å². The van der Waals surface area contributed by atoms with Crippen molar-refractivity contribution in [3.63, 3.8) is 0 Å². The number of carbonyl (C=O) groups excluding carboxylic acids is 1. The van der Waals surface area contributed by atoms with Gasteiger partial charge in [-0.25, -0.2) is 9.07 Å². The average Bonchev–Trinajstić information content (AvgIpc) is 2.85. The van der Waals surface area contributed by atoms with Crippen molar-refractivity contribution >= 4 is 29.5 Å². The summed E-state index contributed by atoms with van der Waals surface area (Å²) in [6.45, 7) is 0. The molecule has 3 aromatic rings. The van der Waals surface area contributed by atoms with E-state index in [4.69, 9.17) is 23.2 Å². The van der Waals surface area contributed by atoms with E-state index in [1.54, 1.807) is 36.4 Å². The summed E-state index contributed by atoms with van der Waals surface area (Å²) in [6, 6.07) is 12.6. The highest BCUT2D eigenvalue weighted by atomic mass is 35.5. The number of benzene rings is 2. The largest absolute Gasteiger partial charge is 0.298 e. The molecule has 110 valence electrons. The highest BCUT2D eigenvalue weighted by Gasteiger charge is 2.18. The number of halogens is 3. The van der Waals surface area contributed by atoms with Crippen molar-refractivity contribution in [3.8, 4) is 16.9 Å². The Morgan fingerprint density at radius 3 is 2.23 bits per heavy atom. The monoisotopic (exact) mass is 334 g/mol. The van der Waals surface area contributed by atoms with E-state index in [1.807, 2.05) is 0 Å². The molecule has 0 aliphatic carbocycles. The van der Waals surface area contributed by atoms with Gasteiger partial charge in [-0.3, -0.25) is 4.79 Å². The first kappa shape index (κ1) is 14.8. The molecule has 6 heteroatoms. The van der Waals surface area contributed by atoms with E-state index in [9.17, 15) is 9.18 Å². The standard InChI is InChI=1S/C16H9Cl2FN2O/c17-11-3-7-13(8-4-11)21-16(18)14(9-22)15(20-21)10-1-5-12(19)6-2-10/h1-9H. The van der Waals surface area contributed by atoms with Gasteiger partial charge in [0.1, 0.15) is 16.7 Å². The van der Waals surface area contributed by atoms with E-state index < -0.39 is 0 Å². The minimum absolute atomic E-state index is 0.191. The molecule has 0 N–H and O–H groups in total. The third-order valence-electron chi connectivity index (χ3n) is 3.17. The maximum atomic E-state index is 13.0. The molecule has 0 atom stereocenters. The van der Waals surface area contributed by atoms with Crippen LogP contribution in [-0.4, -0.2) is 16.1 Å². The average molecular weight is 335 g/mol. The summed E-state index contributed by atoms with van der Waals surface area (Å²) in [5, 5.41) is 5.14. The van der Waals surface area contributed by atoms with Crippen molar-refractivity contribution in [2.24, 2.45) is 0 Å². The lowest BCUT2D eigenvalue weighted by molar-refractivity contribution is 0.112. The molecular formula is C16H9Cl2FN2O. The second-order valence-electron chi connectivity index (χ2n) is 4.57. The van der Waals surface area contributed by atoms with Gasteiger partial charge < -0.3 is 0 Å². The first-order valence-electron chi connectivity index (χ1n) is 6.35. The van der Waals surface area contributed by atoms with Gasteiger partial charge in [0.25, 0.3) is 0 Å². The summed E-state index contributed by atoms with van der Waals surface area (Å²) in [4.78, 5) is 11.4. The summed E-state index contributed by atoms with van der Waals surface area (Å²) >= 11 is 12.1. The molecule has 2 aromatic carbocycles. The predicted octanol–water partition coefficient (Wildman–Crippen LogP) is 4.80. The summed E-state index contributed by atoms with van der Waals surface area (Å²) in [5.41, 5.74) is 1.93. The van der Waals surface area contributed by atoms with Gasteiger partial charge in [-0.2, -0.15) is 5.10 Å². The molecule has 0 fully saturated rings. The lowest BCUT2D eigenvalue weighted by atomic mass is 10.1. The third-order valence-corrected chi connectivity index (χ3v) is 3.79. The number of hydrogen-bond donors (Lipinski definition) is 0. The number of hydrogen-bond acceptors (Lipinski definition) is 2. The summed E-state index contributed by atoms with van der Waals surface area (Å²) in [7, 11) is 0. The maximum absolute atomic E-state index is 13.0. The van der Waals surface area contributed by atoms with Crippen LogP contribution < -0.4 is 0 Å². The number of nitrogens with zero attached hydrogens (tertiary/aromatic N) is 2. The quantitative estimate of drug-likeness (QED) is 0.645. The van der Waals surface area contributed by atoms with Gasteiger partial charge in [0, 0.05) is 10.6 Å². The first-order chi connectivity index (χ1) is 10.6. The van der Waals surface area contributed by atoms with Crippen LogP contribution in [0.15, 0.2) is 48.5 Å². The molecule has 0 radical (unpaired) electrons. The third kappa shape index (κ3) is 2.63. The van der Waals surface area contributed by atoms with Crippen molar-refractivity contribution in [1.82, 2.24) is 9.78 Å². The minimum atomic E-state index is -0.361. The lowest BCUT2D eigenvalue weighted by Gasteiger charge is -2.02. The van der Waals surface area contributed by atoms with Crippen LogP contribution in [0.1, 0.15) is 10.4 Å². The summed E-state index contributed by atoms with van der Waals surface area (Å²) in [6.07, 6.45) is 0.639. The summed E-state index contributed by atoms with van der Waals surface area (Å²) in [5.74, 6) is -0.361. The molecule has 3 rings (SSSR count). The molecule has 0 spiro atoms. The molecule has 1 heterocycles. The Balaban J connectivity index is 2.16. The zero-order chi connectivity index (χ0) is 15.7. The van der Waals surface area contributed by atoms with Gasteiger partial charge in [-0.15, -0.1) is 0 Å². The van der Waals surface area contributed by atoms with Crippen molar-refractivity contribution in [2.75, 3.05) is 0 Å². The molecular weight excluding hydrogens is 326 g/mol. The Morgan fingerprint density at radius 2 is 1.64 bits per heavy atom. The fourth-order valence-electron chi connectivity index (χ4n) is 2.09. The van der Waals surface area contributed by atoms with Crippen molar-refractivity contribution in [2.45, 2.75) is 0 Å². The summed E-state index contributed by atoms with van der Waals surface area (Å²) < 4.78 is 14.5. The molecule has 1 aromatic heterocycles. The number of aromatic nitrogens is 2. The Hall–Kier alpha value is -2.17. The van der Waals surface area contributed by atoms with Crippen LogP contribution in [-0.2, 0) is 0 Å². The molecule has 0 bridgehead atoms. The topological polar surface area (TPSA) is 34.9 Å². The Labute approximate surface area is 135 Å². The molecule has 3 nitrogen and oxygen atoms in total. The van der Waals surface area contributed by atoms with Crippen LogP contribution in [0.5, 0.6) is 0 Å². The first-order valence-corrected chi connectivity index (χ1v) is 7.11. The highest BCUT2D eigenvalue weighted by molar-refractivity contribution is 6.33. The van der Waals surface area contributed by atoms with E-state index in [0.29, 0.717) is 28.3 Å². The number of aldehydes is 1. The van der Waals surface area contributed by atoms with Gasteiger partial charge in [0.05, 0.1) is 11.3 Å². The van der Waals surface area contributed by atoms with Crippen LogP contribution >= 0.6 is 23.2 Å². The number of carbonyl (C=O) groups is 1. The zero-order valence-corrected chi connectivity index (χ0v) is 12.6. The molecule has 0 aliphatic heterocycles. The van der Waals surface area contributed by atoms with Crippen molar-refractivity contribution in [1.29, 1.82) is 0 Å². The van der Waals surface area contributed by atoms with Gasteiger partial charge in [-0.05, 0) is 48.5 Å². The fraction of sp³-hybridized carbons (Fsp3) is 0. The van der Waals surface area contributed by atoms with E-state index in [-0.39, 0.29) is 16.5 Å². The minimum Gasteiger partial charge on any atom is -0.298 e. The predicted molar refractivity (Wildman–Crippen MR) is 84.4 cm³/mol. The Bertz CT molecular complexity index is 827. The molecule has 22 heavy (non-hydrogen) atoms. The van der Waals surface area contributed by atoms with E-state index in [2.05, 4.69) is 5.10 Å². The van der Waals surface area contributed by atoms with Crippen molar-refractivity contribution < 1.29 is 9.18 Å². The fourth-order valence-corrected chi connectivity index (χ4v) is 2.48. The molecule has 0 aliphatic rings. The smallest absolute Gasteiger partial charge is 0.155 e. The van der Waals surface area contributed by atoms with Gasteiger partial charge in [-0.1, -0.05) is 23.2 Å². The maximum Gasteiger partial charge on any atom is 0.155 e. The lowest BCUT2D eigenvalue weighted by Crippen LogP contribution is -1.96. The normalized spacial score (nSPS) is 10.7. The molecule has 0 amide bonds. The molecule has 0 saturated carbocycles. The van der Waals surface area contributed by atoms with Crippen LogP contribution in [0.4, 0.5) is 4.39 Å². The van der Waals surface area contributed by atoms with Crippen LogP contribution in [0.3, 0.4) is 0 Å². The SMILES string of the molecule is O=Cc1c(-c2ccc(F)cc2)nn(-c2ccc(Cl)cc2)c1Cl. The van der Waals surface area contributed by atoms with Crippen LogP contribution in [0, 0.1) is 5.82 Å².